The van der Waals surface area contributed by atoms with Gasteiger partial charge in [-0.1, -0.05) is 60.7 Å². The molecule has 2 saturated heterocycles. The Balaban J connectivity index is 1.97. The second kappa shape index (κ2) is 7.01. The molecule has 158 valence electrons. The molecule has 10 nitrogen and oxygen atoms in total. The molecule has 2 aliphatic heterocycles. The van der Waals surface area contributed by atoms with Crippen molar-refractivity contribution in [3.8, 4) is 0 Å². The van der Waals surface area contributed by atoms with Crippen LogP contribution < -0.4 is 0 Å². The van der Waals surface area contributed by atoms with Gasteiger partial charge < -0.3 is 0 Å². The Labute approximate surface area is 180 Å². The Morgan fingerprint density at radius 1 is 0.600 bits per heavy atom. The number of fused-ring (bicyclic) bond motifs is 1. The van der Waals surface area contributed by atoms with Crippen molar-refractivity contribution in [3.05, 3.63) is 71.8 Å². The van der Waals surface area contributed by atoms with E-state index in [0.717, 1.165) is 10.0 Å². The first-order valence-corrected chi connectivity index (χ1v) is 12.8. The fourth-order valence-electron chi connectivity index (χ4n) is 3.47. The molecule has 0 N–H and O–H groups in total. The van der Waals surface area contributed by atoms with E-state index in [4.69, 9.17) is 21.4 Å². The molecule has 0 bridgehead atoms. The molecule has 4 rings (SSSR count). The summed E-state index contributed by atoms with van der Waals surface area (Å²) in [4.78, 5) is 26.3. The average Bonchev–Trinajstić information content (AvgIpc) is 3.15. The number of benzene rings is 2. The molecule has 0 radical (unpaired) electrons. The normalized spacial score (nSPS) is 22.1. The van der Waals surface area contributed by atoms with E-state index in [1.54, 1.807) is 36.4 Å². The van der Waals surface area contributed by atoms with E-state index in [1.165, 1.54) is 24.3 Å². The minimum absolute atomic E-state index is 0.214. The van der Waals surface area contributed by atoms with Gasteiger partial charge in [-0.25, -0.2) is 9.59 Å². The lowest BCUT2D eigenvalue weighted by Crippen LogP contribution is -2.42. The van der Waals surface area contributed by atoms with Crippen molar-refractivity contribution in [2.24, 2.45) is 0 Å². The zero-order valence-electron chi connectivity index (χ0n) is 14.7. The number of hydrogen-bond acceptors (Lipinski definition) is 6. The largest absolute Gasteiger partial charge is 0.358 e. The van der Waals surface area contributed by atoms with Crippen LogP contribution in [0.1, 0.15) is 23.5 Å². The summed E-state index contributed by atoms with van der Waals surface area (Å²) in [6.07, 6.45) is -3.08. The summed E-state index contributed by atoms with van der Waals surface area (Å²) in [5, 5.41) is 1.43. The van der Waals surface area contributed by atoms with Crippen LogP contribution in [0.2, 0.25) is 0 Å². The molecule has 2 heterocycles. The Kier molecular flexibility index (Phi) is 4.84. The summed E-state index contributed by atoms with van der Waals surface area (Å²) >= 11 is 0. The predicted octanol–water partition coefficient (Wildman–Crippen LogP) is 2.74. The molecular formula is C16H12Cl2N4O6S2. The third-order valence-corrected chi connectivity index (χ3v) is 7.12. The summed E-state index contributed by atoms with van der Waals surface area (Å²) in [6, 6.07) is 13.0. The Morgan fingerprint density at radius 3 is 1.17 bits per heavy atom. The topological polar surface area (TPSA) is 115 Å². The molecule has 4 amide bonds. The first kappa shape index (κ1) is 20.7. The number of urea groups is 2. The van der Waals surface area contributed by atoms with Crippen LogP contribution in [0, 0.1) is 0 Å². The van der Waals surface area contributed by atoms with E-state index in [2.05, 4.69) is 0 Å². The van der Waals surface area contributed by atoms with Crippen molar-refractivity contribution in [2.75, 3.05) is 0 Å². The van der Waals surface area contributed by atoms with Gasteiger partial charge in [-0.05, 0) is 11.1 Å². The molecule has 0 aliphatic carbocycles. The fraction of sp³-hybridized carbons (Fsp3) is 0.125. The van der Waals surface area contributed by atoms with Gasteiger partial charge in [-0.3, -0.25) is 0 Å². The fourth-order valence-corrected chi connectivity index (χ4v) is 5.71. The number of hydrazine groups is 1. The molecule has 2 atom stereocenters. The smallest absolute Gasteiger partial charge is 0.245 e. The number of rotatable bonds is 4. The number of amides is 4. The minimum atomic E-state index is -4.65. The maximum Gasteiger partial charge on any atom is 0.358 e. The first-order chi connectivity index (χ1) is 14.0. The van der Waals surface area contributed by atoms with E-state index in [0.29, 0.717) is 8.61 Å². The van der Waals surface area contributed by atoms with Crippen molar-refractivity contribution in [2.45, 2.75) is 12.3 Å². The highest BCUT2D eigenvalue weighted by Crippen LogP contribution is 2.49. The molecule has 2 aromatic rings. The summed E-state index contributed by atoms with van der Waals surface area (Å²) < 4.78 is 49.6. The van der Waals surface area contributed by atoms with Crippen molar-refractivity contribution >= 4 is 51.9 Å². The Bertz CT molecular complexity index is 1130. The summed E-state index contributed by atoms with van der Waals surface area (Å²) in [5.41, 5.74) is 0.429. The average molecular weight is 491 g/mol. The molecular weight excluding hydrogens is 479 g/mol. The van der Waals surface area contributed by atoms with Crippen molar-refractivity contribution < 1.29 is 26.4 Å². The van der Waals surface area contributed by atoms with Gasteiger partial charge in [0.05, 0.1) is 0 Å². The molecule has 0 unspecified atom stereocenters. The van der Waals surface area contributed by atoms with Crippen LogP contribution in [-0.2, 0) is 18.5 Å². The molecule has 2 fully saturated rings. The van der Waals surface area contributed by atoms with E-state index in [9.17, 15) is 26.4 Å². The lowest BCUT2D eigenvalue weighted by atomic mass is 10.2. The van der Waals surface area contributed by atoms with Crippen LogP contribution >= 0.6 is 21.4 Å². The number of halogens is 2. The second-order valence-electron chi connectivity index (χ2n) is 6.30. The van der Waals surface area contributed by atoms with Crippen LogP contribution in [-0.4, -0.2) is 47.5 Å². The number of nitrogens with zero attached hydrogens (tertiary/aromatic N) is 4. The van der Waals surface area contributed by atoms with Crippen LogP contribution in [0.25, 0.3) is 0 Å². The lowest BCUT2D eigenvalue weighted by molar-refractivity contribution is 0.0602. The maximum absolute atomic E-state index is 13.1. The van der Waals surface area contributed by atoms with Crippen LogP contribution in [0.15, 0.2) is 60.7 Å². The highest BCUT2D eigenvalue weighted by Gasteiger charge is 2.64. The summed E-state index contributed by atoms with van der Waals surface area (Å²) in [5.74, 6) is 0. The monoisotopic (exact) mass is 490 g/mol. The Morgan fingerprint density at radius 2 is 0.900 bits per heavy atom. The molecule has 0 saturated carbocycles. The van der Waals surface area contributed by atoms with Gasteiger partial charge >= 0.3 is 30.5 Å². The van der Waals surface area contributed by atoms with Gasteiger partial charge in [0.15, 0.2) is 12.3 Å². The number of hydrogen-bond donors (Lipinski definition) is 0. The van der Waals surface area contributed by atoms with Crippen molar-refractivity contribution in [3.63, 3.8) is 0 Å². The third kappa shape index (κ3) is 3.16. The predicted molar refractivity (Wildman–Crippen MR) is 106 cm³/mol. The maximum atomic E-state index is 13.1. The summed E-state index contributed by atoms with van der Waals surface area (Å²) in [7, 11) is 1.72. The zero-order chi connectivity index (χ0) is 21.8. The summed E-state index contributed by atoms with van der Waals surface area (Å²) in [6.45, 7) is 0. The quantitative estimate of drug-likeness (QED) is 0.608. The van der Waals surface area contributed by atoms with Gasteiger partial charge in [0.2, 0.25) is 0 Å². The molecule has 0 aromatic heterocycles. The molecule has 2 aromatic carbocycles. The first-order valence-electron chi connectivity index (χ1n) is 8.27. The minimum Gasteiger partial charge on any atom is -0.245 e. The number of carbonyl (C=O) groups is 2. The van der Waals surface area contributed by atoms with E-state index in [-0.39, 0.29) is 11.1 Å². The molecule has 2 aliphatic rings. The highest BCUT2D eigenvalue weighted by molar-refractivity contribution is 8.12. The lowest BCUT2D eigenvalue weighted by Gasteiger charge is -2.25. The standard InChI is InChI=1S/C16H12Cl2N4O6S2/c17-29(25,26)21-13(11-7-3-1-4-8-11)19-15(23)22(30(18,27)28)14(20(19)16(21)24)12-9-5-2-6-10-12/h1-10,13-14H/t13-,14-/m0/s1. The van der Waals surface area contributed by atoms with E-state index in [1.807, 2.05) is 0 Å². The van der Waals surface area contributed by atoms with Gasteiger partial charge in [0.25, 0.3) is 0 Å². The van der Waals surface area contributed by atoms with Gasteiger partial charge in [0, 0.05) is 21.4 Å². The van der Waals surface area contributed by atoms with Crippen molar-refractivity contribution in [1.29, 1.82) is 0 Å². The van der Waals surface area contributed by atoms with Crippen molar-refractivity contribution in [1.82, 2.24) is 18.6 Å². The second-order valence-corrected chi connectivity index (χ2v) is 11.1. The zero-order valence-corrected chi connectivity index (χ0v) is 17.9. The van der Waals surface area contributed by atoms with Crippen LogP contribution in [0.5, 0.6) is 0 Å². The van der Waals surface area contributed by atoms with Crippen LogP contribution in [0.4, 0.5) is 9.59 Å². The van der Waals surface area contributed by atoms with E-state index >= 15 is 0 Å². The SMILES string of the molecule is O=C1N2[C@H](c3ccccc3)N(S(=O)(=O)Cl)C(=O)N2[C@H](c2ccccc2)N1S(=O)(=O)Cl. The van der Waals surface area contributed by atoms with E-state index < -0.39 is 42.9 Å². The molecule has 0 spiro atoms. The molecule has 30 heavy (non-hydrogen) atoms. The van der Waals surface area contributed by atoms with Gasteiger partial charge in [0.1, 0.15) is 0 Å². The highest BCUT2D eigenvalue weighted by atomic mass is 35.7. The number of carbonyl (C=O) groups excluding carboxylic acids is 2. The Hall–Kier alpha value is -2.54. The third-order valence-electron chi connectivity index (χ3n) is 4.57. The molecule has 14 heteroatoms. The van der Waals surface area contributed by atoms with Crippen LogP contribution in [0.3, 0.4) is 0 Å². The van der Waals surface area contributed by atoms with Gasteiger partial charge in [-0.15, -0.1) is 0 Å². The van der Waals surface area contributed by atoms with Gasteiger partial charge in [-0.2, -0.15) is 35.5 Å².